The van der Waals surface area contributed by atoms with Gasteiger partial charge in [0.2, 0.25) is 11.8 Å². The molecule has 0 aliphatic carbocycles. The molecule has 3 aliphatic rings. The van der Waals surface area contributed by atoms with Crippen LogP contribution in [0.2, 0.25) is 0 Å². The van der Waals surface area contributed by atoms with E-state index in [1.165, 1.54) is 11.1 Å². The lowest BCUT2D eigenvalue weighted by atomic mass is 9.94. The van der Waals surface area contributed by atoms with Gasteiger partial charge in [-0.2, -0.15) is 0 Å². The fourth-order valence-corrected chi connectivity index (χ4v) is 5.52. The Balaban J connectivity index is 1.44. The monoisotopic (exact) mass is 428 g/mol. The Morgan fingerprint density at radius 3 is 2.80 bits per heavy atom. The lowest BCUT2D eigenvalue weighted by molar-refractivity contribution is -0.129. The molecule has 4 atom stereocenters. The van der Waals surface area contributed by atoms with Gasteiger partial charge < -0.3 is 10.6 Å². The molecule has 0 spiro atoms. The minimum Gasteiger partial charge on any atom is -0.356 e. The standard InChI is InChI=1S/C23H32N4O2S/c1-14(2)11-24-21(28)17-5-4-10-27(12-17)23-25-19-18(13-30-20(19)22(29)26-23)16-8-6-15(3)7-9-16/h6-9,13-14,17,19-20,23,25H,4-5,10-12H2,1-3H3,(H,24,28)(H,26,29). The average Bonchev–Trinajstić information content (AvgIpc) is 3.17. The number of rotatable bonds is 5. The number of nitrogens with one attached hydrogen (secondary N) is 3. The second-order valence-electron chi connectivity index (χ2n) is 9.02. The lowest BCUT2D eigenvalue weighted by Crippen LogP contribution is -2.69. The summed E-state index contributed by atoms with van der Waals surface area (Å²) in [6, 6.07) is 8.46. The summed E-state index contributed by atoms with van der Waals surface area (Å²) in [5, 5.41) is 11.8. The SMILES string of the molecule is Cc1ccc(C2=CSC3C(=O)NC(N4CCCC(C(=O)NCC(C)C)C4)NC23)cc1. The van der Waals surface area contributed by atoms with Gasteiger partial charge in [0, 0.05) is 19.6 Å². The van der Waals surface area contributed by atoms with Gasteiger partial charge in [-0.05, 0) is 42.2 Å². The first-order chi connectivity index (χ1) is 14.4. The Morgan fingerprint density at radius 2 is 2.07 bits per heavy atom. The summed E-state index contributed by atoms with van der Waals surface area (Å²) in [6.45, 7) is 8.53. The molecule has 3 aliphatic heterocycles. The number of hydrogen-bond donors (Lipinski definition) is 3. The van der Waals surface area contributed by atoms with Gasteiger partial charge in [0.1, 0.15) is 11.5 Å². The molecule has 2 saturated heterocycles. The van der Waals surface area contributed by atoms with E-state index < -0.39 is 0 Å². The largest absolute Gasteiger partial charge is 0.356 e. The van der Waals surface area contributed by atoms with Crippen molar-refractivity contribution in [1.82, 2.24) is 20.9 Å². The van der Waals surface area contributed by atoms with E-state index in [1.54, 1.807) is 11.8 Å². The highest BCUT2D eigenvalue weighted by Crippen LogP contribution is 2.38. The lowest BCUT2D eigenvalue weighted by Gasteiger charge is -2.43. The minimum atomic E-state index is -0.244. The van der Waals surface area contributed by atoms with Gasteiger partial charge in [0.25, 0.3) is 0 Å². The molecule has 30 heavy (non-hydrogen) atoms. The van der Waals surface area contributed by atoms with Crippen LogP contribution in [0.1, 0.15) is 37.8 Å². The van der Waals surface area contributed by atoms with E-state index >= 15 is 0 Å². The minimum absolute atomic E-state index is 0.0217. The van der Waals surface area contributed by atoms with Crippen molar-refractivity contribution in [2.75, 3.05) is 19.6 Å². The third-order valence-corrected chi connectivity index (χ3v) is 7.28. The van der Waals surface area contributed by atoms with E-state index in [2.05, 4.69) is 71.3 Å². The molecule has 7 heteroatoms. The van der Waals surface area contributed by atoms with Crippen molar-refractivity contribution in [2.45, 2.75) is 51.2 Å². The highest BCUT2D eigenvalue weighted by atomic mass is 32.2. The second-order valence-corrected chi connectivity index (χ2v) is 10.0. The van der Waals surface area contributed by atoms with Crippen LogP contribution in [0.3, 0.4) is 0 Å². The number of amides is 2. The first-order valence-corrected chi connectivity index (χ1v) is 11.9. The molecular weight excluding hydrogens is 396 g/mol. The number of carbonyl (C=O) groups is 2. The molecule has 1 aromatic rings. The topological polar surface area (TPSA) is 73.5 Å². The maximum atomic E-state index is 12.8. The zero-order valence-corrected chi connectivity index (χ0v) is 18.8. The quantitative estimate of drug-likeness (QED) is 0.671. The van der Waals surface area contributed by atoms with Crippen molar-refractivity contribution >= 4 is 29.1 Å². The summed E-state index contributed by atoms with van der Waals surface area (Å²) in [7, 11) is 0. The van der Waals surface area contributed by atoms with Gasteiger partial charge in [-0.3, -0.25) is 19.8 Å². The van der Waals surface area contributed by atoms with Crippen LogP contribution >= 0.6 is 11.8 Å². The molecule has 4 rings (SSSR count). The van der Waals surface area contributed by atoms with Crippen molar-refractivity contribution < 1.29 is 9.59 Å². The number of benzene rings is 1. The highest BCUT2D eigenvalue weighted by Gasteiger charge is 2.44. The molecule has 2 amide bonds. The van der Waals surface area contributed by atoms with Crippen molar-refractivity contribution in [3.63, 3.8) is 0 Å². The molecule has 0 radical (unpaired) electrons. The van der Waals surface area contributed by atoms with Crippen LogP contribution in [0.15, 0.2) is 29.7 Å². The first kappa shape index (κ1) is 21.4. The van der Waals surface area contributed by atoms with Crippen molar-refractivity contribution in [3.8, 4) is 0 Å². The maximum absolute atomic E-state index is 12.8. The highest BCUT2D eigenvalue weighted by molar-refractivity contribution is 8.04. The Hall–Kier alpha value is -1.83. The zero-order valence-electron chi connectivity index (χ0n) is 18.0. The normalized spacial score (nSPS) is 29.3. The van der Waals surface area contributed by atoms with Crippen LogP contribution in [0.5, 0.6) is 0 Å². The molecule has 0 saturated carbocycles. The smallest absolute Gasteiger partial charge is 0.237 e. The molecule has 3 heterocycles. The fraction of sp³-hybridized carbons (Fsp3) is 0.565. The summed E-state index contributed by atoms with van der Waals surface area (Å²) in [5.74, 6) is 0.610. The molecule has 1 aromatic carbocycles. The van der Waals surface area contributed by atoms with Crippen LogP contribution < -0.4 is 16.0 Å². The number of fused-ring (bicyclic) bond motifs is 1. The van der Waals surface area contributed by atoms with Gasteiger partial charge in [0.05, 0.1) is 12.0 Å². The molecule has 2 fully saturated rings. The Kier molecular flexibility index (Phi) is 6.51. The van der Waals surface area contributed by atoms with Gasteiger partial charge in [-0.15, -0.1) is 11.8 Å². The number of aryl methyl sites for hydroxylation is 1. The third kappa shape index (κ3) is 4.58. The summed E-state index contributed by atoms with van der Waals surface area (Å²) >= 11 is 1.59. The Bertz CT molecular complexity index is 823. The Labute approximate surface area is 183 Å². The second kappa shape index (κ2) is 9.12. The first-order valence-electron chi connectivity index (χ1n) is 10.9. The van der Waals surface area contributed by atoms with Crippen molar-refractivity contribution in [3.05, 3.63) is 40.8 Å². The predicted octanol–water partition coefficient (Wildman–Crippen LogP) is 2.31. The molecule has 0 aromatic heterocycles. The van der Waals surface area contributed by atoms with E-state index in [9.17, 15) is 9.59 Å². The van der Waals surface area contributed by atoms with Crippen molar-refractivity contribution in [1.29, 1.82) is 0 Å². The number of hydrogen-bond acceptors (Lipinski definition) is 5. The van der Waals surface area contributed by atoms with Crippen LogP contribution in [0, 0.1) is 18.8 Å². The Morgan fingerprint density at radius 1 is 1.30 bits per heavy atom. The van der Waals surface area contributed by atoms with Crippen LogP contribution in [-0.4, -0.2) is 53.9 Å². The number of nitrogens with zero attached hydrogens (tertiary/aromatic N) is 1. The van der Waals surface area contributed by atoms with E-state index in [-0.39, 0.29) is 35.3 Å². The maximum Gasteiger partial charge on any atom is 0.237 e. The number of carbonyl (C=O) groups excluding carboxylic acids is 2. The molecule has 4 unspecified atom stereocenters. The summed E-state index contributed by atoms with van der Waals surface area (Å²) in [4.78, 5) is 27.6. The van der Waals surface area contributed by atoms with E-state index in [4.69, 9.17) is 0 Å². The zero-order chi connectivity index (χ0) is 21.3. The van der Waals surface area contributed by atoms with Gasteiger partial charge in [-0.25, -0.2) is 0 Å². The van der Waals surface area contributed by atoms with Crippen LogP contribution in [-0.2, 0) is 9.59 Å². The van der Waals surface area contributed by atoms with Gasteiger partial charge >= 0.3 is 0 Å². The third-order valence-electron chi connectivity index (χ3n) is 6.11. The predicted molar refractivity (Wildman–Crippen MR) is 122 cm³/mol. The van der Waals surface area contributed by atoms with E-state index in [0.717, 1.165) is 24.9 Å². The fourth-order valence-electron chi connectivity index (χ4n) is 4.37. The van der Waals surface area contributed by atoms with E-state index in [1.807, 2.05) is 0 Å². The molecule has 6 nitrogen and oxygen atoms in total. The molecule has 3 N–H and O–H groups in total. The van der Waals surface area contributed by atoms with Crippen LogP contribution in [0.25, 0.3) is 5.57 Å². The van der Waals surface area contributed by atoms with Gasteiger partial charge in [-0.1, -0.05) is 43.7 Å². The van der Waals surface area contributed by atoms with Crippen molar-refractivity contribution in [2.24, 2.45) is 11.8 Å². The van der Waals surface area contributed by atoms with E-state index in [0.29, 0.717) is 19.0 Å². The summed E-state index contributed by atoms with van der Waals surface area (Å²) in [5.41, 5.74) is 3.56. The summed E-state index contributed by atoms with van der Waals surface area (Å²) < 4.78 is 0. The van der Waals surface area contributed by atoms with Gasteiger partial charge in [0.15, 0.2) is 0 Å². The molecule has 162 valence electrons. The molecular formula is C23H32N4O2S. The number of thioether (sulfide) groups is 1. The molecule has 0 bridgehead atoms. The number of likely N-dealkylation sites (tertiary alicyclic amines) is 1. The van der Waals surface area contributed by atoms with Crippen LogP contribution in [0.4, 0.5) is 0 Å². The number of piperidine rings is 1. The average molecular weight is 429 g/mol. The summed E-state index contributed by atoms with van der Waals surface area (Å²) in [6.07, 6.45) is 1.61.